The van der Waals surface area contributed by atoms with Gasteiger partial charge in [-0.05, 0) is 55.5 Å². The van der Waals surface area contributed by atoms with Crippen LogP contribution in [0.4, 0.5) is 0 Å². The Balaban J connectivity index is 2.15. The lowest BCUT2D eigenvalue weighted by atomic mass is 10.1. The standard InChI is InChI=1S/C17H14Cl2O2/c1-2-21-13-8-6-12(7-9-13)17(20)11-10-14-15(18)4-3-5-16(14)19/h3-11H,2H2,1H3. The molecule has 0 atom stereocenters. The maximum atomic E-state index is 12.1. The molecule has 0 bridgehead atoms. The van der Waals surface area contributed by atoms with Crippen molar-refractivity contribution in [2.75, 3.05) is 6.61 Å². The summed E-state index contributed by atoms with van der Waals surface area (Å²) in [5.41, 5.74) is 1.22. The zero-order valence-electron chi connectivity index (χ0n) is 11.5. The lowest BCUT2D eigenvalue weighted by Gasteiger charge is -2.03. The van der Waals surface area contributed by atoms with Crippen LogP contribution >= 0.6 is 23.2 Å². The molecular weight excluding hydrogens is 307 g/mol. The average molecular weight is 321 g/mol. The van der Waals surface area contributed by atoms with Crippen LogP contribution in [0.25, 0.3) is 6.08 Å². The van der Waals surface area contributed by atoms with Gasteiger partial charge in [-0.1, -0.05) is 29.3 Å². The fraction of sp³-hybridized carbons (Fsp3) is 0.118. The maximum absolute atomic E-state index is 12.1. The lowest BCUT2D eigenvalue weighted by molar-refractivity contribution is 0.104. The van der Waals surface area contributed by atoms with Crippen molar-refractivity contribution in [3.63, 3.8) is 0 Å². The molecule has 2 nitrogen and oxygen atoms in total. The third-order valence-corrected chi connectivity index (χ3v) is 3.51. The van der Waals surface area contributed by atoms with Crippen LogP contribution in [-0.2, 0) is 0 Å². The molecule has 0 N–H and O–H groups in total. The van der Waals surface area contributed by atoms with Crippen molar-refractivity contribution >= 4 is 35.1 Å². The molecule has 0 radical (unpaired) electrons. The number of allylic oxidation sites excluding steroid dienone is 1. The zero-order chi connectivity index (χ0) is 15.2. The smallest absolute Gasteiger partial charge is 0.185 e. The highest BCUT2D eigenvalue weighted by Gasteiger charge is 2.05. The number of ether oxygens (including phenoxy) is 1. The number of ketones is 1. The van der Waals surface area contributed by atoms with Gasteiger partial charge in [-0.3, -0.25) is 4.79 Å². The molecule has 0 aliphatic carbocycles. The van der Waals surface area contributed by atoms with Crippen molar-refractivity contribution < 1.29 is 9.53 Å². The summed E-state index contributed by atoms with van der Waals surface area (Å²) in [5, 5.41) is 1.02. The molecule has 0 aromatic heterocycles. The van der Waals surface area contributed by atoms with Crippen LogP contribution < -0.4 is 4.74 Å². The van der Waals surface area contributed by atoms with Crippen LogP contribution in [0.2, 0.25) is 10.0 Å². The Hall–Kier alpha value is -1.77. The van der Waals surface area contributed by atoms with Gasteiger partial charge in [0.15, 0.2) is 5.78 Å². The minimum absolute atomic E-state index is 0.117. The van der Waals surface area contributed by atoms with E-state index in [-0.39, 0.29) is 5.78 Å². The van der Waals surface area contributed by atoms with E-state index in [9.17, 15) is 4.79 Å². The Kier molecular flexibility index (Phi) is 5.43. The summed E-state index contributed by atoms with van der Waals surface area (Å²) in [5.74, 6) is 0.626. The van der Waals surface area contributed by atoms with Gasteiger partial charge >= 0.3 is 0 Å². The quantitative estimate of drug-likeness (QED) is 0.552. The monoisotopic (exact) mass is 320 g/mol. The molecule has 2 aromatic rings. The van der Waals surface area contributed by atoms with Gasteiger partial charge in [0.2, 0.25) is 0 Å². The Morgan fingerprint density at radius 3 is 2.29 bits per heavy atom. The fourth-order valence-corrected chi connectivity index (χ4v) is 2.33. The van der Waals surface area contributed by atoms with Crippen molar-refractivity contribution in [2.45, 2.75) is 6.92 Å². The molecule has 108 valence electrons. The zero-order valence-corrected chi connectivity index (χ0v) is 13.0. The van der Waals surface area contributed by atoms with Crippen LogP contribution in [0.3, 0.4) is 0 Å². The number of benzene rings is 2. The summed E-state index contributed by atoms with van der Waals surface area (Å²) in [6, 6.07) is 12.2. The summed E-state index contributed by atoms with van der Waals surface area (Å²) < 4.78 is 5.34. The summed E-state index contributed by atoms with van der Waals surface area (Å²) in [7, 11) is 0. The second-order valence-corrected chi connectivity index (χ2v) is 5.10. The van der Waals surface area contributed by atoms with Gasteiger partial charge in [-0.15, -0.1) is 0 Å². The minimum atomic E-state index is -0.117. The topological polar surface area (TPSA) is 26.3 Å². The summed E-state index contributed by atoms with van der Waals surface area (Å²) in [4.78, 5) is 12.1. The first-order chi connectivity index (χ1) is 10.1. The highest BCUT2D eigenvalue weighted by Crippen LogP contribution is 2.25. The summed E-state index contributed by atoms with van der Waals surface area (Å²) in [6.45, 7) is 2.51. The summed E-state index contributed by atoms with van der Waals surface area (Å²) >= 11 is 12.1. The number of carbonyl (C=O) groups excluding carboxylic acids is 1. The van der Waals surface area contributed by atoms with Gasteiger partial charge in [0, 0.05) is 21.2 Å². The van der Waals surface area contributed by atoms with Gasteiger partial charge in [-0.2, -0.15) is 0 Å². The Morgan fingerprint density at radius 2 is 1.71 bits per heavy atom. The normalized spacial score (nSPS) is 10.8. The first kappa shape index (κ1) is 15.6. The van der Waals surface area contributed by atoms with Crippen molar-refractivity contribution in [2.24, 2.45) is 0 Å². The largest absolute Gasteiger partial charge is 0.494 e. The van der Waals surface area contributed by atoms with E-state index in [1.165, 1.54) is 6.08 Å². The Morgan fingerprint density at radius 1 is 1.10 bits per heavy atom. The van der Waals surface area contributed by atoms with Crippen LogP contribution in [0.5, 0.6) is 5.75 Å². The second-order valence-electron chi connectivity index (χ2n) is 4.29. The van der Waals surface area contributed by atoms with Crippen LogP contribution in [0.1, 0.15) is 22.8 Å². The molecule has 0 fully saturated rings. The minimum Gasteiger partial charge on any atom is -0.494 e. The number of halogens is 2. The SMILES string of the molecule is CCOc1ccc(C(=O)C=Cc2c(Cl)cccc2Cl)cc1. The van der Waals surface area contributed by atoms with E-state index in [1.807, 2.05) is 6.92 Å². The van der Waals surface area contributed by atoms with Gasteiger partial charge in [0.1, 0.15) is 5.75 Å². The highest BCUT2D eigenvalue weighted by atomic mass is 35.5. The molecule has 21 heavy (non-hydrogen) atoms. The first-order valence-electron chi connectivity index (χ1n) is 6.51. The molecule has 0 saturated carbocycles. The van der Waals surface area contributed by atoms with Gasteiger partial charge < -0.3 is 4.74 Å². The van der Waals surface area contributed by atoms with Gasteiger partial charge in [-0.25, -0.2) is 0 Å². The summed E-state index contributed by atoms with van der Waals surface area (Å²) in [6.07, 6.45) is 3.09. The Labute approximate surface area is 134 Å². The lowest BCUT2D eigenvalue weighted by Crippen LogP contribution is -1.96. The van der Waals surface area contributed by atoms with Crippen molar-refractivity contribution in [1.82, 2.24) is 0 Å². The molecule has 0 saturated heterocycles. The van der Waals surface area contributed by atoms with Gasteiger partial charge in [0.25, 0.3) is 0 Å². The van der Waals surface area contributed by atoms with Crippen molar-refractivity contribution in [1.29, 1.82) is 0 Å². The van der Waals surface area contributed by atoms with E-state index in [0.717, 1.165) is 5.75 Å². The predicted molar refractivity (Wildman–Crippen MR) is 87.4 cm³/mol. The molecule has 0 unspecified atom stereocenters. The molecule has 2 rings (SSSR count). The van der Waals surface area contributed by atoms with Crippen molar-refractivity contribution in [3.8, 4) is 5.75 Å². The molecular formula is C17H14Cl2O2. The molecule has 0 aliphatic heterocycles. The van der Waals surface area contributed by atoms with E-state index in [1.54, 1.807) is 48.5 Å². The highest BCUT2D eigenvalue weighted by molar-refractivity contribution is 6.37. The number of rotatable bonds is 5. The molecule has 0 amide bonds. The van der Waals surface area contributed by atoms with Crippen LogP contribution in [-0.4, -0.2) is 12.4 Å². The Bertz CT molecular complexity index is 641. The first-order valence-corrected chi connectivity index (χ1v) is 7.26. The molecule has 4 heteroatoms. The molecule has 0 aliphatic rings. The van der Waals surface area contributed by atoms with Gasteiger partial charge in [0.05, 0.1) is 6.61 Å². The molecule has 0 spiro atoms. The number of hydrogen-bond donors (Lipinski definition) is 0. The maximum Gasteiger partial charge on any atom is 0.185 e. The predicted octanol–water partition coefficient (Wildman–Crippen LogP) is 5.29. The number of hydrogen-bond acceptors (Lipinski definition) is 2. The van der Waals surface area contributed by atoms with Crippen molar-refractivity contribution in [3.05, 3.63) is 69.7 Å². The number of carbonyl (C=O) groups is 1. The van der Waals surface area contributed by atoms with E-state index < -0.39 is 0 Å². The van der Waals surface area contributed by atoms with E-state index in [2.05, 4.69) is 0 Å². The molecule has 2 aromatic carbocycles. The van der Waals surface area contributed by atoms with E-state index >= 15 is 0 Å². The fourth-order valence-electron chi connectivity index (χ4n) is 1.81. The van der Waals surface area contributed by atoms with E-state index in [0.29, 0.717) is 27.8 Å². The van der Waals surface area contributed by atoms with E-state index in [4.69, 9.17) is 27.9 Å². The third-order valence-electron chi connectivity index (χ3n) is 2.85. The van der Waals surface area contributed by atoms with Crippen LogP contribution in [0.15, 0.2) is 48.5 Å². The third kappa shape index (κ3) is 4.10. The average Bonchev–Trinajstić information content (AvgIpc) is 2.47. The molecule has 0 heterocycles. The van der Waals surface area contributed by atoms with Crippen LogP contribution in [0, 0.1) is 0 Å². The second kappa shape index (κ2) is 7.30.